The molecule has 0 fully saturated rings. The molecule has 0 aromatic rings. The molecule has 0 amide bonds. The minimum absolute atomic E-state index is 0.509. The fraction of sp³-hybridized carbons (Fsp3) is 0.600. The first kappa shape index (κ1) is 6.21. The molecule has 0 aromatic carbocycles. The Kier molecular flexibility index (Phi) is 1.08. The molecule has 2 atom stereocenters. The summed E-state index contributed by atoms with van der Waals surface area (Å²) in [5.74, 6) is 1.52. The lowest BCUT2D eigenvalue weighted by Crippen LogP contribution is -2.26. The Bertz CT molecular complexity index is 194. The molecule has 0 spiro atoms. The van der Waals surface area contributed by atoms with Gasteiger partial charge in [0.15, 0.2) is 0 Å². The van der Waals surface area contributed by atoms with E-state index in [1.165, 1.54) is 6.42 Å². The van der Waals surface area contributed by atoms with Crippen LogP contribution in [0.1, 0.15) is 20.3 Å². The van der Waals surface area contributed by atoms with E-state index in [1.54, 1.807) is 0 Å². The molecule has 54 valence electrons. The van der Waals surface area contributed by atoms with Crippen molar-refractivity contribution in [3.8, 4) is 0 Å². The van der Waals surface area contributed by atoms with Gasteiger partial charge in [0.25, 0.3) is 0 Å². The lowest BCUT2D eigenvalue weighted by molar-refractivity contribution is 0.225. The molecule has 0 radical (unpaired) electrons. The third kappa shape index (κ3) is 0.622. The average Bonchev–Trinajstić information content (AvgIpc) is 2.17. The van der Waals surface area contributed by atoms with Crippen LogP contribution in [0, 0.1) is 17.3 Å². The zero-order valence-electron chi connectivity index (χ0n) is 6.67. The summed E-state index contributed by atoms with van der Waals surface area (Å²) in [6.45, 7) is 4.73. The first-order valence-electron chi connectivity index (χ1n) is 4.06. The fourth-order valence-electron chi connectivity index (χ4n) is 2.06. The SMILES string of the molecule is CC1(C)C2C=CCC1C=C2. The van der Waals surface area contributed by atoms with Crippen LogP contribution in [0.5, 0.6) is 0 Å². The molecule has 0 aromatic heterocycles. The molecule has 2 bridgehead atoms. The maximum atomic E-state index is 2.38. The Morgan fingerprint density at radius 1 is 1.20 bits per heavy atom. The number of rotatable bonds is 0. The normalized spacial score (nSPS) is 40.6. The lowest BCUT2D eigenvalue weighted by atomic mass is 9.70. The zero-order valence-corrected chi connectivity index (χ0v) is 6.67. The minimum atomic E-state index is 0.509. The second-order valence-electron chi connectivity index (χ2n) is 4.00. The van der Waals surface area contributed by atoms with Crippen molar-refractivity contribution < 1.29 is 0 Å². The van der Waals surface area contributed by atoms with Gasteiger partial charge in [0.05, 0.1) is 0 Å². The van der Waals surface area contributed by atoms with Gasteiger partial charge in [-0.15, -0.1) is 0 Å². The van der Waals surface area contributed by atoms with Crippen molar-refractivity contribution in [1.29, 1.82) is 0 Å². The van der Waals surface area contributed by atoms with E-state index in [0.717, 1.165) is 5.92 Å². The van der Waals surface area contributed by atoms with E-state index in [-0.39, 0.29) is 0 Å². The van der Waals surface area contributed by atoms with Gasteiger partial charge < -0.3 is 0 Å². The van der Waals surface area contributed by atoms with E-state index in [2.05, 4.69) is 38.2 Å². The van der Waals surface area contributed by atoms with Crippen molar-refractivity contribution in [3.63, 3.8) is 0 Å². The molecule has 2 aliphatic rings. The van der Waals surface area contributed by atoms with E-state index in [4.69, 9.17) is 0 Å². The molecular formula is C10H14. The minimum Gasteiger partial charge on any atom is -0.0873 e. The van der Waals surface area contributed by atoms with Crippen molar-refractivity contribution in [1.82, 2.24) is 0 Å². The summed E-state index contributed by atoms with van der Waals surface area (Å²) < 4.78 is 0. The van der Waals surface area contributed by atoms with Gasteiger partial charge in [-0.25, -0.2) is 0 Å². The maximum absolute atomic E-state index is 2.38. The number of hydrogen-bond donors (Lipinski definition) is 0. The van der Waals surface area contributed by atoms with E-state index >= 15 is 0 Å². The summed E-state index contributed by atoms with van der Waals surface area (Å²) in [5, 5.41) is 0. The van der Waals surface area contributed by atoms with Crippen molar-refractivity contribution in [2.24, 2.45) is 17.3 Å². The molecule has 0 saturated heterocycles. The third-order valence-electron chi connectivity index (χ3n) is 3.10. The fourth-order valence-corrected chi connectivity index (χ4v) is 2.06. The standard InChI is InChI=1S/C10H14/c1-10(2)8-4-3-5-9(10)7-6-8/h3-4,6-9H,5H2,1-2H3. The highest BCUT2D eigenvalue weighted by molar-refractivity contribution is 5.22. The van der Waals surface area contributed by atoms with Gasteiger partial charge in [-0.05, 0) is 17.8 Å². The molecule has 0 aliphatic heterocycles. The van der Waals surface area contributed by atoms with Gasteiger partial charge in [0.2, 0.25) is 0 Å². The summed E-state index contributed by atoms with van der Waals surface area (Å²) in [4.78, 5) is 0. The zero-order chi connectivity index (χ0) is 7.19. The molecule has 0 heteroatoms. The van der Waals surface area contributed by atoms with Crippen molar-refractivity contribution in [2.45, 2.75) is 20.3 Å². The van der Waals surface area contributed by atoms with Crippen LogP contribution >= 0.6 is 0 Å². The summed E-state index contributed by atoms with van der Waals surface area (Å²) in [6.07, 6.45) is 10.7. The Balaban J connectivity index is 2.39. The van der Waals surface area contributed by atoms with Gasteiger partial charge in [-0.2, -0.15) is 0 Å². The van der Waals surface area contributed by atoms with E-state index < -0.39 is 0 Å². The van der Waals surface area contributed by atoms with Gasteiger partial charge in [-0.3, -0.25) is 0 Å². The first-order valence-corrected chi connectivity index (χ1v) is 4.06. The molecule has 0 heterocycles. The molecule has 2 aliphatic carbocycles. The smallest absolute Gasteiger partial charge is 0.000360 e. The summed E-state index contributed by atoms with van der Waals surface area (Å²) in [6, 6.07) is 0. The second-order valence-corrected chi connectivity index (χ2v) is 4.00. The van der Waals surface area contributed by atoms with Crippen molar-refractivity contribution in [3.05, 3.63) is 24.3 Å². The molecule has 2 rings (SSSR count). The number of allylic oxidation sites excluding steroid dienone is 4. The molecule has 2 unspecified atom stereocenters. The Hall–Kier alpha value is -0.520. The highest BCUT2D eigenvalue weighted by atomic mass is 14.4. The van der Waals surface area contributed by atoms with Crippen LogP contribution in [0.2, 0.25) is 0 Å². The number of hydrogen-bond acceptors (Lipinski definition) is 0. The summed E-state index contributed by atoms with van der Waals surface area (Å²) in [5.41, 5.74) is 0.509. The van der Waals surface area contributed by atoms with Crippen LogP contribution in [-0.2, 0) is 0 Å². The third-order valence-corrected chi connectivity index (χ3v) is 3.10. The molecule has 10 heavy (non-hydrogen) atoms. The van der Waals surface area contributed by atoms with Crippen LogP contribution in [0.4, 0.5) is 0 Å². The number of fused-ring (bicyclic) bond motifs is 2. The molecule has 0 saturated carbocycles. The van der Waals surface area contributed by atoms with Gasteiger partial charge in [0.1, 0.15) is 0 Å². The van der Waals surface area contributed by atoms with Crippen LogP contribution in [0.15, 0.2) is 24.3 Å². The van der Waals surface area contributed by atoms with Gasteiger partial charge in [-0.1, -0.05) is 38.2 Å². The highest BCUT2D eigenvalue weighted by Crippen LogP contribution is 2.47. The Labute approximate surface area is 62.6 Å². The van der Waals surface area contributed by atoms with Gasteiger partial charge in [0, 0.05) is 5.92 Å². The van der Waals surface area contributed by atoms with E-state index in [1.807, 2.05) is 0 Å². The maximum Gasteiger partial charge on any atom is 0.000360 e. The molecular weight excluding hydrogens is 120 g/mol. The quantitative estimate of drug-likeness (QED) is 0.447. The Morgan fingerprint density at radius 3 is 2.60 bits per heavy atom. The monoisotopic (exact) mass is 134 g/mol. The van der Waals surface area contributed by atoms with Crippen LogP contribution in [0.3, 0.4) is 0 Å². The van der Waals surface area contributed by atoms with Crippen LogP contribution in [0.25, 0.3) is 0 Å². The Morgan fingerprint density at radius 2 is 2.00 bits per heavy atom. The lowest BCUT2D eigenvalue weighted by Gasteiger charge is -2.34. The second kappa shape index (κ2) is 1.75. The summed E-state index contributed by atoms with van der Waals surface area (Å²) >= 11 is 0. The first-order chi connectivity index (χ1) is 4.71. The topological polar surface area (TPSA) is 0 Å². The van der Waals surface area contributed by atoms with Gasteiger partial charge >= 0.3 is 0 Å². The van der Waals surface area contributed by atoms with E-state index in [0.29, 0.717) is 11.3 Å². The molecule has 0 N–H and O–H groups in total. The van der Waals surface area contributed by atoms with Crippen molar-refractivity contribution in [2.75, 3.05) is 0 Å². The van der Waals surface area contributed by atoms with E-state index in [9.17, 15) is 0 Å². The predicted molar refractivity (Wildman–Crippen MR) is 43.7 cm³/mol. The highest BCUT2D eigenvalue weighted by Gasteiger charge is 2.38. The molecule has 0 nitrogen and oxygen atoms in total. The summed E-state index contributed by atoms with van der Waals surface area (Å²) in [7, 11) is 0. The van der Waals surface area contributed by atoms with Crippen LogP contribution in [-0.4, -0.2) is 0 Å². The van der Waals surface area contributed by atoms with Crippen LogP contribution < -0.4 is 0 Å². The average molecular weight is 134 g/mol. The largest absolute Gasteiger partial charge is 0.0873 e. The van der Waals surface area contributed by atoms with Crippen molar-refractivity contribution >= 4 is 0 Å². The predicted octanol–water partition coefficient (Wildman–Crippen LogP) is 2.77.